The van der Waals surface area contributed by atoms with Crippen molar-refractivity contribution in [1.29, 1.82) is 0 Å². The molecule has 0 N–H and O–H groups in total. The van der Waals surface area contributed by atoms with Crippen LogP contribution in [0.25, 0.3) is 0 Å². The molecule has 0 amide bonds. The van der Waals surface area contributed by atoms with Crippen molar-refractivity contribution in [3.05, 3.63) is 89.5 Å². The average Bonchev–Trinajstić information content (AvgIpc) is 2.73. The highest BCUT2D eigenvalue weighted by Crippen LogP contribution is 2.44. The van der Waals surface area contributed by atoms with Gasteiger partial charge in [-0.05, 0) is 115 Å². The Morgan fingerprint density at radius 2 is 0.676 bits per heavy atom. The lowest BCUT2D eigenvalue weighted by Gasteiger charge is -2.36. The number of hydrogen-bond donors (Lipinski definition) is 0. The van der Waals surface area contributed by atoms with E-state index in [0.29, 0.717) is 0 Å². The van der Waals surface area contributed by atoms with Crippen LogP contribution in [0.1, 0.15) is 98.8 Å². The van der Waals surface area contributed by atoms with E-state index in [1.165, 1.54) is 16.7 Å². The second kappa shape index (κ2) is 10.4. The molecule has 0 spiro atoms. The summed E-state index contributed by atoms with van der Waals surface area (Å²) >= 11 is 0. The van der Waals surface area contributed by atoms with Crippen LogP contribution < -0.4 is 14.2 Å². The van der Waals surface area contributed by atoms with E-state index in [4.69, 9.17) is 14.2 Å². The SMILES string of the molecule is CC(C)(C)Oc1ccc(C(c2ccc(OC(C)(C)C)cc2)C(C)(C)c2ccc(OC(C)(C)C)cc2)cc1. The molecule has 0 aliphatic heterocycles. The molecular weight excluding hydrogens is 456 g/mol. The fourth-order valence-electron chi connectivity index (χ4n) is 4.66. The summed E-state index contributed by atoms with van der Waals surface area (Å²) in [6.07, 6.45) is 0. The first-order valence-electron chi connectivity index (χ1n) is 13.3. The number of benzene rings is 3. The maximum atomic E-state index is 6.10. The summed E-state index contributed by atoms with van der Waals surface area (Å²) in [5.41, 5.74) is 2.84. The molecule has 3 rings (SSSR count). The molecule has 0 aliphatic rings. The summed E-state index contributed by atoms with van der Waals surface area (Å²) < 4.78 is 18.3. The van der Waals surface area contributed by atoms with Crippen LogP contribution in [0.4, 0.5) is 0 Å². The van der Waals surface area contributed by atoms with Gasteiger partial charge in [-0.15, -0.1) is 0 Å². The highest BCUT2D eigenvalue weighted by Gasteiger charge is 2.34. The minimum atomic E-state index is -0.236. The fraction of sp³-hybridized carbons (Fsp3) is 0.471. The summed E-state index contributed by atoms with van der Waals surface area (Å²) in [5.74, 6) is 2.76. The highest BCUT2D eigenvalue weighted by atomic mass is 16.5. The van der Waals surface area contributed by atoms with E-state index in [1.54, 1.807) is 0 Å². The smallest absolute Gasteiger partial charge is 0.120 e. The van der Waals surface area contributed by atoms with Gasteiger partial charge in [0.05, 0.1) is 0 Å². The Kier molecular flexibility index (Phi) is 8.08. The molecule has 0 aromatic heterocycles. The molecule has 0 atom stereocenters. The van der Waals surface area contributed by atoms with Crippen LogP contribution in [0.3, 0.4) is 0 Å². The van der Waals surface area contributed by atoms with Gasteiger partial charge in [-0.1, -0.05) is 50.2 Å². The van der Waals surface area contributed by atoms with Crippen LogP contribution in [-0.2, 0) is 5.41 Å². The third-order valence-electron chi connectivity index (χ3n) is 6.02. The lowest BCUT2D eigenvalue weighted by molar-refractivity contribution is 0.130. The minimum Gasteiger partial charge on any atom is -0.488 e. The van der Waals surface area contributed by atoms with Crippen molar-refractivity contribution >= 4 is 0 Å². The second-order valence-corrected chi connectivity index (χ2v) is 13.5. The summed E-state index contributed by atoms with van der Waals surface area (Å²) in [7, 11) is 0. The first kappa shape index (κ1) is 28.6. The molecule has 3 heteroatoms. The van der Waals surface area contributed by atoms with Crippen LogP contribution in [0.2, 0.25) is 0 Å². The van der Waals surface area contributed by atoms with Gasteiger partial charge in [0.25, 0.3) is 0 Å². The zero-order valence-corrected chi connectivity index (χ0v) is 24.7. The third kappa shape index (κ3) is 8.28. The Morgan fingerprint density at radius 1 is 0.405 bits per heavy atom. The molecule has 3 nitrogen and oxygen atoms in total. The fourth-order valence-corrected chi connectivity index (χ4v) is 4.66. The van der Waals surface area contributed by atoms with Crippen LogP contribution in [0.5, 0.6) is 17.2 Å². The van der Waals surface area contributed by atoms with Gasteiger partial charge >= 0.3 is 0 Å². The normalized spacial score (nSPS) is 13.0. The van der Waals surface area contributed by atoms with Gasteiger partial charge in [0.2, 0.25) is 0 Å². The average molecular weight is 503 g/mol. The van der Waals surface area contributed by atoms with E-state index < -0.39 is 0 Å². The van der Waals surface area contributed by atoms with E-state index >= 15 is 0 Å². The molecule has 0 saturated carbocycles. The first-order valence-corrected chi connectivity index (χ1v) is 13.3. The first-order chi connectivity index (χ1) is 16.9. The van der Waals surface area contributed by atoms with Gasteiger partial charge in [0.1, 0.15) is 34.1 Å². The minimum absolute atomic E-state index is 0.120. The number of ether oxygens (including phenoxy) is 3. The summed E-state index contributed by atoms with van der Waals surface area (Å²) in [4.78, 5) is 0. The molecule has 0 aliphatic carbocycles. The van der Waals surface area contributed by atoms with Crippen molar-refractivity contribution in [3.8, 4) is 17.2 Å². The molecule has 0 fully saturated rings. The molecule has 0 unspecified atom stereocenters. The van der Waals surface area contributed by atoms with E-state index in [0.717, 1.165) is 17.2 Å². The van der Waals surface area contributed by atoms with Crippen LogP contribution in [-0.4, -0.2) is 16.8 Å². The van der Waals surface area contributed by atoms with Gasteiger partial charge in [0.15, 0.2) is 0 Å². The van der Waals surface area contributed by atoms with Crippen molar-refractivity contribution in [2.45, 2.75) is 104 Å². The highest BCUT2D eigenvalue weighted by molar-refractivity contribution is 5.45. The molecule has 3 aromatic carbocycles. The summed E-state index contributed by atoms with van der Waals surface area (Å²) in [6.45, 7) is 23.3. The monoisotopic (exact) mass is 502 g/mol. The van der Waals surface area contributed by atoms with Crippen LogP contribution >= 0.6 is 0 Å². The summed E-state index contributed by atoms with van der Waals surface area (Å²) in [6, 6.07) is 25.7. The van der Waals surface area contributed by atoms with Gasteiger partial charge in [-0.3, -0.25) is 0 Å². The molecule has 0 saturated heterocycles. The van der Waals surface area contributed by atoms with E-state index in [9.17, 15) is 0 Å². The maximum absolute atomic E-state index is 6.10. The van der Waals surface area contributed by atoms with Crippen molar-refractivity contribution in [1.82, 2.24) is 0 Å². The predicted octanol–water partition coefficient (Wildman–Crippen LogP) is 9.33. The lowest BCUT2D eigenvalue weighted by atomic mass is 9.67. The van der Waals surface area contributed by atoms with E-state index in [2.05, 4.69) is 149 Å². The van der Waals surface area contributed by atoms with Crippen molar-refractivity contribution in [3.63, 3.8) is 0 Å². The zero-order chi connectivity index (χ0) is 27.6. The van der Waals surface area contributed by atoms with E-state index in [1.807, 2.05) is 0 Å². The van der Waals surface area contributed by atoms with Gasteiger partial charge in [-0.25, -0.2) is 0 Å². The third-order valence-corrected chi connectivity index (χ3v) is 6.02. The molecular formula is C34H46O3. The largest absolute Gasteiger partial charge is 0.488 e. The van der Waals surface area contributed by atoms with Crippen molar-refractivity contribution in [2.24, 2.45) is 0 Å². The van der Waals surface area contributed by atoms with Crippen molar-refractivity contribution < 1.29 is 14.2 Å². The van der Waals surface area contributed by atoms with Crippen molar-refractivity contribution in [2.75, 3.05) is 0 Å². The number of hydrogen-bond acceptors (Lipinski definition) is 3. The number of rotatable bonds is 7. The quantitative estimate of drug-likeness (QED) is 0.322. The Labute approximate surface area is 225 Å². The molecule has 3 aromatic rings. The Balaban J connectivity index is 2.02. The zero-order valence-electron chi connectivity index (χ0n) is 24.7. The standard InChI is InChI=1S/C34H46O3/c1-31(2,3)35-27-18-12-24(13-19-27)30(25-14-20-28(21-15-25)36-32(4,5)6)34(10,11)26-16-22-29(23-17-26)37-33(7,8)9/h12-23,30H,1-11H3. The summed E-state index contributed by atoms with van der Waals surface area (Å²) in [5, 5.41) is 0. The Hall–Kier alpha value is -2.94. The second-order valence-electron chi connectivity index (χ2n) is 13.5. The van der Waals surface area contributed by atoms with Gasteiger partial charge in [0, 0.05) is 11.3 Å². The molecule has 0 bridgehead atoms. The van der Waals surface area contributed by atoms with Crippen LogP contribution in [0, 0.1) is 0 Å². The predicted molar refractivity (Wildman–Crippen MR) is 155 cm³/mol. The molecule has 0 heterocycles. The Bertz CT molecular complexity index is 1080. The molecule has 200 valence electrons. The maximum Gasteiger partial charge on any atom is 0.120 e. The lowest BCUT2D eigenvalue weighted by Crippen LogP contribution is -2.28. The van der Waals surface area contributed by atoms with E-state index in [-0.39, 0.29) is 28.1 Å². The molecule has 0 radical (unpaired) electrons. The van der Waals surface area contributed by atoms with Crippen LogP contribution in [0.15, 0.2) is 72.8 Å². The van der Waals surface area contributed by atoms with Gasteiger partial charge in [-0.2, -0.15) is 0 Å². The Morgan fingerprint density at radius 3 is 0.946 bits per heavy atom. The van der Waals surface area contributed by atoms with Gasteiger partial charge < -0.3 is 14.2 Å². The topological polar surface area (TPSA) is 27.7 Å². The molecule has 37 heavy (non-hydrogen) atoms.